The van der Waals surface area contributed by atoms with E-state index in [0.717, 1.165) is 0 Å². The van der Waals surface area contributed by atoms with Crippen molar-refractivity contribution in [1.82, 2.24) is 15.0 Å². The molecule has 0 unspecified atom stereocenters. The molecule has 0 saturated heterocycles. The van der Waals surface area contributed by atoms with Crippen LogP contribution in [0.5, 0.6) is 126 Å². The summed E-state index contributed by atoms with van der Waals surface area (Å²) >= 11 is 0.222. The van der Waals surface area contributed by atoms with Crippen LogP contribution in [-0.2, 0) is 0 Å². The van der Waals surface area contributed by atoms with E-state index in [1.54, 1.807) is 0 Å². The zero-order valence-corrected chi connectivity index (χ0v) is 38.9. The lowest BCUT2D eigenvalue weighted by Gasteiger charge is -2.22. The standard InChI is InChI=1S/C45H22B7N3O22S/c46-12-2(24(61)25(62)3(20(12)57)1-13(47)33(70)17(51)16(50)19(1)56)5-27(64)35(72)28(65)8-7-23(60)18(52)22(59)6(42(7)78-41(5)8)4-21(58)14(48)9(29(66)26(4)63)43-53-44(10-15(49)34(71)39(76)36(73)30(10)67)55-45(54-43)11-31(68)37(74)40(77)38(75)32(11)69/h56-77H. The number of nitrogens with zero attached hydrogens (tertiary/aromatic N) is 3. The highest BCUT2D eigenvalue weighted by Crippen LogP contribution is 2.62. The minimum Gasteiger partial charge on any atom is -0.509 e. The average Bonchev–Trinajstić information content (AvgIpc) is 3.87. The maximum Gasteiger partial charge on any atom is 0.208 e. The average molecular weight is 1060 g/mol. The van der Waals surface area contributed by atoms with Crippen LogP contribution in [0.2, 0.25) is 0 Å². The first-order chi connectivity index (χ1) is 36.3. The van der Waals surface area contributed by atoms with Crippen LogP contribution in [-0.4, -0.2) is 182 Å². The van der Waals surface area contributed by atoms with Crippen LogP contribution >= 0.6 is 11.3 Å². The molecule has 0 saturated carbocycles. The Morgan fingerprint density at radius 3 is 0.949 bits per heavy atom. The second-order valence-corrected chi connectivity index (χ2v) is 17.8. The zero-order chi connectivity index (χ0) is 57.8. The second kappa shape index (κ2) is 17.4. The van der Waals surface area contributed by atoms with Crippen molar-refractivity contribution >= 4 is 125 Å². The third kappa shape index (κ3) is 6.79. The predicted molar refractivity (Wildman–Crippen MR) is 280 cm³/mol. The fraction of sp³-hybridized carbons (Fsp3) is 0. The smallest absolute Gasteiger partial charge is 0.208 e. The van der Waals surface area contributed by atoms with Crippen molar-refractivity contribution in [2.45, 2.75) is 0 Å². The number of thiophene rings is 1. The molecule has 2 aromatic heterocycles. The topological polar surface area (TPSA) is 484 Å². The Balaban J connectivity index is 1.36. The van der Waals surface area contributed by atoms with E-state index >= 15 is 0 Å². The maximum absolute atomic E-state index is 12.0. The summed E-state index contributed by atoms with van der Waals surface area (Å²) in [5.74, 6) is -33.6. The van der Waals surface area contributed by atoms with Gasteiger partial charge >= 0.3 is 0 Å². The van der Waals surface area contributed by atoms with Crippen molar-refractivity contribution in [2.75, 3.05) is 0 Å². The van der Waals surface area contributed by atoms with Crippen LogP contribution in [0.4, 0.5) is 0 Å². The SMILES string of the molecule is [B]c1c([B])c(O)c(-c2c(O)c([B])c(-c3c(O)c(O)c(O)c4c3sc3c(-c5c(O)c([B])c(-c6nc(-c7c([B])c(O)c(O)c(O)c7O)nc(-c7c(O)c(O)c(O)c(O)c7O)n6)c(O)c5O)c(O)c([B])c(O)c34)c(O)c2O)c([B])c1O. The number of benzene rings is 7. The molecule has 9 aromatic rings. The molecule has 22 N–H and O–H groups in total. The number of aromatic nitrogens is 3. The summed E-state index contributed by atoms with van der Waals surface area (Å²) in [6.07, 6.45) is 0. The molecule has 2 heterocycles. The van der Waals surface area contributed by atoms with Crippen LogP contribution in [0.1, 0.15) is 0 Å². The Bertz CT molecular complexity index is 4060. The van der Waals surface area contributed by atoms with E-state index < -0.39 is 252 Å². The summed E-state index contributed by atoms with van der Waals surface area (Å²) in [6, 6.07) is 0. The number of hydrogen-bond acceptors (Lipinski definition) is 26. The number of hydrogen-bond donors (Lipinski definition) is 22. The van der Waals surface area contributed by atoms with Crippen molar-refractivity contribution in [3.05, 3.63) is 0 Å². The van der Waals surface area contributed by atoms with Gasteiger partial charge in [0.25, 0.3) is 0 Å². The van der Waals surface area contributed by atoms with Crippen LogP contribution in [0, 0.1) is 0 Å². The zero-order valence-electron chi connectivity index (χ0n) is 38.1. The molecule has 33 heteroatoms. The van der Waals surface area contributed by atoms with E-state index in [0.29, 0.717) is 0 Å². The molecule has 78 heavy (non-hydrogen) atoms. The van der Waals surface area contributed by atoms with Gasteiger partial charge in [0.1, 0.15) is 95.0 Å². The fourth-order valence-corrected chi connectivity index (χ4v) is 10.0. The van der Waals surface area contributed by atoms with Gasteiger partial charge in [-0.15, -0.1) is 11.3 Å². The molecular weight excluding hydrogens is 1040 g/mol. The third-order valence-corrected chi connectivity index (χ3v) is 13.8. The first-order valence-corrected chi connectivity index (χ1v) is 21.8. The quantitative estimate of drug-likeness (QED) is 0.0458. The van der Waals surface area contributed by atoms with Gasteiger partial charge in [0.05, 0.1) is 37.0 Å². The van der Waals surface area contributed by atoms with Gasteiger partial charge in [0.15, 0.2) is 75.0 Å². The first-order valence-electron chi connectivity index (χ1n) is 20.9. The molecule has 0 bridgehead atoms. The van der Waals surface area contributed by atoms with E-state index in [4.69, 9.17) is 54.9 Å². The highest BCUT2D eigenvalue weighted by molar-refractivity contribution is 7.27. The summed E-state index contributed by atoms with van der Waals surface area (Å²) in [7, 11) is 42.2. The molecule has 0 fully saturated rings. The largest absolute Gasteiger partial charge is 0.509 e. The third-order valence-electron chi connectivity index (χ3n) is 12.6. The van der Waals surface area contributed by atoms with Crippen LogP contribution in [0.15, 0.2) is 0 Å². The molecule has 0 aliphatic carbocycles. The summed E-state index contributed by atoms with van der Waals surface area (Å²) in [4.78, 5) is 11.8. The first kappa shape index (κ1) is 52.7. The number of aromatic hydroxyl groups is 22. The Labute approximate surface area is 444 Å². The molecule has 0 atom stereocenters. The highest BCUT2D eigenvalue weighted by atomic mass is 32.1. The Kier molecular flexibility index (Phi) is 11.8. The van der Waals surface area contributed by atoms with Gasteiger partial charge in [0.2, 0.25) is 34.5 Å². The van der Waals surface area contributed by atoms with Gasteiger partial charge in [-0.25, -0.2) is 15.0 Å². The lowest BCUT2D eigenvalue weighted by Crippen LogP contribution is -2.32. The minimum atomic E-state index is -1.55. The molecule has 7 aromatic carbocycles. The van der Waals surface area contributed by atoms with Gasteiger partial charge in [-0.2, -0.15) is 0 Å². The summed E-state index contributed by atoms with van der Waals surface area (Å²) < 4.78 is -1.28. The molecule has 376 valence electrons. The van der Waals surface area contributed by atoms with E-state index in [-0.39, 0.29) is 11.3 Å². The molecule has 0 spiro atoms. The highest BCUT2D eigenvalue weighted by Gasteiger charge is 2.37. The predicted octanol–water partition coefficient (Wildman–Crippen LogP) is -2.68. The van der Waals surface area contributed by atoms with Crippen LogP contribution < -0.4 is 38.2 Å². The van der Waals surface area contributed by atoms with E-state index in [9.17, 15) is 112 Å². The number of phenols is 22. The molecule has 0 aliphatic heterocycles. The second-order valence-electron chi connectivity index (χ2n) is 16.8. The summed E-state index contributed by atoms with van der Waals surface area (Å²) in [5.41, 5.74) is -15.6. The van der Waals surface area contributed by atoms with E-state index in [2.05, 4.69) is 15.0 Å². The Morgan fingerprint density at radius 2 is 0.449 bits per heavy atom. The van der Waals surface area contributed by atoms with Gasteiger partial charge in [0, 0.05) is 27.6 Å². The van der Waals surface area contributed by atoms with Gasteiger partial charge in [-0.3, -0.25) is 0 Å². The number of phenolic OH excluding ortho intramolecular Hbond substituents is 22. The molecule has 25 nitrogen and oxygen atoms in total. The summed E-state index contributed by atoms with van der Waals surface area (Å²) in [5, 5.41) is 242. The maximum atomic E-state index is 12.0. The van der Waals surface area contributed by atoms with Crippen molar-refractivity contribution < 1.29 is 112 Å². The van der Waals surface area contributed by atoms with Gasteiger partial charge in [-0.05, 0) is 27.3 Å². The van der Waals surface area contributed by atoms with Gasteiger partial charge < -0.3 is 112 Å². The summed E-state index contributed by atoms with van der Waals surface area (Å²) in [6.45, 7) is 0. The van der Waals surface area contributed by atoms with Crippen LogP contribution in [0.25, 0.3) is 87.7 Å². The Morgan fingerprint density at radius 1 is 0.192 bits per heavy atom. The molecular formula is C45H22B7N3O22S. The Hall–Kier alpha value is -10.2. The molecule has 0 aliphatic rings. The van der Waals surface area contributed by atoms with Crippen molar-refractivity contribution in [2.24, 2.45) is 0 Å². The van der Waals surface area contributed by atoms with Crippen LogP contribution in [0.3, 0.4) is 0 Å². The van der Waals surface area contributed by atoms with Crippen molar-refractivity contribution in [3.63, 3.8) is 0 Å². The monoisotopic (exact) mass is 1070 g/mol. The lowest BCUT2D eigenvalue weighted by molar-refractivity contribution is 0.329. The van der Waals surface area contributed by atoms with Crippen molar-refractivity contribution in [3.8, 4) is 194 Å². The number of rotatable bonds is 6. The molecule has 9 rings (SSSR count). The molecule has 14 radical (unpaired) electrons. The van der Waals surface area contributed by atoms with E-state index in [1.807, 2.05) is 0 Å². The molecule has 0 amide bonds. The van der Waals surface area contributed by atoms with Crippen molar-refractivity contribution in [1.29, 1.82) is 0 Å². The number of fused-ring (bicyclic) bond motifs is 3. The lowest BCUT2D eigenvalue weighted by atomic mass is 9.71. The normalized spacial score (nSPS) is 11.5. The van der Waals surface area contributed by atoms with E-state index in [1.165, 1.54) is 0 Å². The fourth-order valence-electron chi connectivity index (χ4n) is 8.64. The van der Waals surface area contributed by atoms with Gasteiger partial charge in [-0.1, -0.05) is 10.9 Å². The minimum absolute atomic E-state index is 0.222.